The topological polar surface area (TPSA) is 117 Å². The van der Waals surface area contributed by atoms with Crippen molar-refractivity contribution in [2.75, 3.05) is 20.2 Å². The number of hydrogen-bond acceptors (Lipinski definition) is 7. The molecule has 3 aliphatic heterocycles. The van der Waals surface area contributed by atoms with Crippen molar-refractivity contribution in [1.82, 2.24) is 14.7 Å². The van der Waals surface area contributed by atoms with Crippen molar-refractivity contribution in [3.8, 4) is 0 Å². The molecule has 0 aromatic heterocycles. The van der Waals surface area contributed by atoms with Crippen molar-refractivity contribution in [3.63, 3.8) is 0 Å². The highest BCUT2D eigenvalue weighted by molar-refractivity contribution is 5.98. The smallest absolute Gasteiger partial charge is 0.313 e. The number of likely N-dealkylation sites (tertiary alicyclic amines) is 1. The third-order valence-corrected chi connectivity index (χ3v) is 11.7. The van der Waals surface area contributed by atoms with Crippen molar-refractivity contribution in [3.05, 3.63) is 61.2 Å². The lowest BCUT2D eigenvalue weighted by atomic mass is 9.70. The molecule has 0 unspecified atom stereocenters. The van der Waals surface area contributed by atoms with Gasteiger partial charge in [-0.15, -0.1) is 13.2 Å². The first-order valence-electron chi connectivity index (χ1n) is 19.1. The molecule has 1 aromatic rings. The molecule has 1 aromatic carbocycles. The van der Waals surface area contributed by atoms with Gasteiger partial charge >= 0.3 is 5.97 Å². The lowest BCUT2D eigenvalue weighted by Gasteiger charge is -2.47. The fraction of sp³-hybridized carbons (Fsp3) is 0.667. The largest absolute Gasteiger partial charge is 0.455 e. The van der Waals surface area contributed by atoms with Crippen molar-refractivity contribution in [2.24, 2.45) is 23.2 Å². The minimum atomic E-state index is -1.27. The van der Waals surface area contributed by atoms with Crippen molar-refractivity contribution >= 4 is 23.7 Å². The Labute approximate surface area is 311 Å². The molecule has 10 nitrogen and oxygen atoms in total. The number of fused-ring (bicyclic) bond motifs is 1. The molecule has 1 N–H and O–H groups in total. The number of carbonyl (C=O) groups excluding carboxylic acids is 4. The van der Waals surface area contributed by atoms with Crippen LogP contribution in [-0.4, -0.2) is 99.1 Å². The third-order valence-electron chi connectivity index (χ3n) is 11.7. The van der Waals surface area contributed by atoms with Gasteiger partial charge in [-0.3, -0.25) is 19.2 Å². The number of aliphatic hydroxyl groups excluding tert-OH is 1. The van der Waals surface area contributed by atoms with Crippen molar-refractivity contribution in [2.45, 2.75) is 135 Å². The zero-order valence-electron chi connectivity index (χ0n) is 33.0. The maximum atomic E-state index is 15.2. The van der Waals surface area contributed by atoms with E-state index < -0.39 is 59.3 Å². The first kappa shape index (κ1) is 41.3. The van der Waals surface area contributed by atoms with E-state index >= 15 is 4.79 Å². The summed E-state index contributed by atoms with van der Waals surface area (Å²) in [6.45, 7) is 23.9. The molecule has 3 aliphatic rings. The normalized spacial score (nSPS) is 26.3. The summed E-state index contributed by atoms with van der Waals surface area (Å²) in [5.41, 5.74) is -1.27. The van der Waals surface area contributed by atoms with Crippen LogP contribution < -0.4 is 0 Å². The van der Waals surface area contributed by atoms with Crippen LogP contribution in [0, 0.1) is 23.2 Å². The molecular formula is C42H63N3O7. The summed E-state index contributed by atoms with van der Waals surface area (Å²) in [5.74, 6) is -3.39. The molecule has 10 heteroatoms. The summed E-state index contributed by atoms with van der Waals surface area (Å²) in [7, 11) is 1.70. The van der Waals surface area contributed by atoms with Crippen molar-refractivity contribution in [1.29, 1.82) is 0 Å². The minimum absolute atomic E-state index is 0.104. The van der Waals surface area contributed by atoms with E-state index in [1.807, 2.05) is 65.0 Å². The summed E-state index contributed by atoms with van der Waals surface area (Å²) < 4.78 is 13.2. The lowest BCUT2D eigenvalue weighted by Crippen LogP contribution is -2.63. The maximum Gasteiger partial charge on any atom is 0.313 e. The monoisotopic (exact) mass is 721 g/mol. The molecule has 3 amide bonds. The van der Waals surface area contributed by atoms with Gasteiger partial charge in [0.05, 0.1) is 36.6 Å². The summed E-state index contributed by atoms with van der Waals surface area (Å²) in [5, 5.41) is 10.8. The molecule has 3 fully saturated rings. The van der Waals surface area contributed by atoms with Crippen LogP contribution in [0.2, 0.25) is 0 Å². The van der Waals surface area contributed by atoms with Crippen LogP contribution in [0.5, 0.6) is 0 Å². The van der Waals surface area contributed by atoms with Gasteiger partial charge in [0.1, 0.15) is 17.7 Å². The van der Waals surface area contributed by atoms with Crippen molar-refractivity contribution < 1.29 is 33.8 Å². The van der Waals surface area contributed by atoms with Crippen LogP contribution in [-0.2, 0) is 28.7 Å². The van der Waals surface area contributed by atoms with Crippen LogP contribution in [0.4, 0.5) is 0 Å². The first-order valence-corrected chi connectivity index (χ1v) is 19.1. The number of allylic oxidation sites excluding steroid dienone is 1. The molecule has 0 radical (unpaired) electrons. The Bertz CT molecular complexity index is 1470. The van der Waals surface area contributed by atoms with Crippen LogP contribution >= 0.6 is 0 Å². The van der Waals surface area contributed by atoms with Crippen LogP contribution in [0.15, 0.2) is 55.6 Å². The number of likely N-dealkylation sites (N-methyl/N-ethyl adjacent to an activating group) is 1. The molecule has 3 saturated heterocycles. The Balaban J connectivity index is 1.78. The number of esters is 1. The zero-order chi connectivity index (χ0) is 38.8. The summed E-state index contributed by atoms with van der Waals surface area (Å²) in [4.78, 5) is 62.8. The Morgan fingerprint density at radius 2 is 1.77 bits per heavy atom. The zero-order valence-corrected chi connectivity index (χ0v) is 33.0. The highest BCUT2D eigenvalue weighted by atomic mass is 16.6. The van der Waals surface area contributed by atoms with Gasteiger partial charge in [-0.25, -0.2) is 0 Å². The quantitative estimate of drug-likeness (QED) is 0.153. The molecule has 9 atom stereocenters. The second-order valence-corrected chi connectivity index (χ2v) is 17.1. The highest BCUT2D eigenvalue weighted by Gasteiger charge is 2.76. The van der Waals surface area contributed by atoms with E-state index in [4.69, 9.17) is 9.47 Å². The fourth-order valence-electron chi connectivity index (χ4n) is 9.24. The molecule has 3 heterocycles. The molecule has 288 valence electrons. The van der Waals surface area contributed by atoms with Crippen LogP contribution in [0.1, 0.15) is 106 Å². The van der Waals surface area contributed by atoms with Crippen LogP contribution in [0.25, 0.3) is 0 Å². The summed E-state index contributed by atoms with van der Waals surface area (Å²) in [6, 6.07) is 7.07. The number of benzene rings is 1. The number of carbonyl (C=O) groups is 4. The van der Waals surface area contributed by atoms with Gasteiger partial charge in [0.2, 0.25) is 17.7 Å². The van der Waals surface area contributed by atoms with Gasteiger partial charge < -0.3 is 29.3 Å². The highest BCUT2D eigenvalue weighted by Crippen LogP contribution is 2.60. The predicted octanol–water partition coefficient (Wildman–Crippen LogP) is 6.10. The molecule has 4 rings (SSSR count). The second-order valence-electron chi connectivity index (χ2n) is 17.1. The van der Waals surface area contributed by atoms with E-state index in [2.05, 4.69) is 33.9 Å². The number of nitrogens with zero attached hydrogens (tertiary/aromatic N) is 3. The summed E-state index contributed by atoms with van der Waals surface area (Å²) >= 11 is 0. The lowest BCUT2D eigenvalue weighted by molar-refractivity contribution is -0.165. The Morgan fingerprint density at radius 1 is 1.12 bits per heavy atom. The molecule has 0 saturated carbocycles. The van der Waals surface area contributed by atoms with Gasteiger partial charge in [-0.05, 0) is 63.4 Å². The fourth-order valence-corrected chi connectivity index (χ4v) is 9.24. The molecule has 2 bridgehead atoms. The number of aliphatic hydroxyl groups is 1. The van der Waals surface area contributed by atoms with Crippen LogP contribution in [0.3, 0.4) is 0 Å². The number of ether oxygens (including phenoxy) is 2. The molecular weight excluding hydrogens is 658 g/mol. The van der Waals surface area contributed by atoms with Gasteiger partial charge in [0, 0.05) is 25.6 Å². The molecule has 0 aliphatic carbocycles. The van der Waals surface area contributed by atoms with Gasteiger partial charge in [-0.2, -0.15) is 0 Å². The van der Waals surface area contributed by atoms with E-state index in [-0.39, 0.29) is 48.6 Å². The van der Waals surface area contributed by atoms with Gasteiger partial charge in [-0.1, -0.05) is 83.5 Å². The second kappa shape index (κ2) is 16.3. The molecule has 1 spiro atoms. The van der Waals surface area contributed by atoms with Gasteiger partial charge in [0.15, 0.2) is 0 Å². The molecule has 52 heavy (non-hydrogen) atoms. The van der Waals surface area contributed by atoms with Gasteiger partial charge in [0.25, 0.3) is 0 Å². The Hall–Kier alpha value is -3.50. The Morgan fingerprint density at radius 3 is 2.33 bits per heavy atom. The maximum absolute atomic E-state index is 15.2. The number of rotatable bonds is 17. The Kier molecular flexibility index (Phi) is 12.9. The van der Waals surface area contributed by atoms with E-state index in [1.165, 1.54) is 0 Å². The number of hydrogen-bond donors (Lipinski definition) is 1. The average molecular weight is 722 g/mol. The average Bonchev–Trinajstić information content (AvgIpc) is 3.74. The van der Waals surface area contributed by atoms with E-state index in [0.29, 0.717) is 32.1 Å². The SMILES string of the molecule is C=CCCC(=O)N(C)[C@@H](C)[C@@H](OC(=O)[C@@H]1[C@H]2C(=O)N([C@@H](CO)[C@@H](C)CC)[C@H](C(=O)N(CC=C)C(C)(C)CC(C)(C)C)[C@]23CC[C@H]1O3)c1ccccc1. The van der Waals surface area contributed by atoms with E-state index in [1.54, 1.807) is 33.9 Å². The third kappa shape index (κ3) is 7.88. The van der Waals surface area contributed by atoms with E-state index in [0.717, 1.165) is 5.56 Å². The summed E-state index contributed by atoms with van der Waals surface area (Å²) in [6.07, 6.45) is 5.02. The first-order chi connectivity index (χ1) is 24.4. The van der Waals surface area contributed by atoms with E-state index in [9.17, 15) is 19.5 Å². The number of amides is 3. The minimum Gasteiger partial charge on any atom is -0.455 e. The predicted molar refractivity (Wildman–Crippen MR) is 202 cm³/mol. The standard InChI is InChI=1S/C42H63N3O7/c1-12-15-21-32(47)43(11)28(5)35(29-19-17-16-18-20-29)51-39(50)33-31-22-23-42(52-31)34(33)37(48)45(30(25-46)27(4)14-3)36(42)38(49)44(24-13-2)41(9,10)26-40(6,7)8/h12-13,16-20,27-28,30-31,33-36,46H,1-2,14-15,21-26H2,3-11H3/t27-,28-,30-,31+,33-,34-,35+,36+,42-/m0/s1.